The van der Waals surface area contributed by atoms with Gasteiger partial charge in [-0.1, -0.05) is 5.16 Å². The lowest BCUT2D eigenvalue weighted by Crippen LogP contribution is -2.40. The van der Waals surface area contributed by atoms with Crippen LogP contribution in [0.5, 0.6) is 0 Å². The summed E-state index contributed by atoms with van der Waals surface area (Å²) < 4.78 is 6.92. The fourth-order valence-corrected chi connectivity index (χ4v) is 3.00. The van der Waals surface area contributed by atoms with Crippen molar-refractivity contribution >= 4 is 5.91 Å². The normalized spacial score (nSPS) is 18.4. The molecule has 1 aliphatic rings. The van der Waals surface area contributed by atoms with Gasteiger partial charge in [0, 0.05) is 51.9 Å². The van der Waals surface area contributed by atoms with Gasteiger partial charge >= 0.3 is 0 Å². The maximum atomic E-state index is 12.0. The molecule has 0 aromatic carbocycles. The van der Waals surface area contributed by atoms with Gasteiger partial charge in [-0.25, -0.2) is 0 Å². The Morgan fingerprint density at radius 1 is 1.48 bits per heavy atom. The molecule has 2 aromatic heterocycles. The maximum Gasteiger partial charge on any atom is 0.223 e. The van der Waals surface area contributed by atoms with Crippen molar-refractivity contribution < 1.29 is 9.32 Å². The van der Waals surface area contributed by atoms with E-state index in [-0.39, 0.29) is 11.9 Å². The molecule has 1 amide bonds. The van der Waals surface area contributed by atoms with E-state index >= 15 is 0 Å². The summed E-state index contributed by atoms with van der Waals surface area (Å²) in [4.78, 5) is 20.4. The molecule has 1 saturated heterocycles. The quantitative estimate of drug-likeness (QED) is 0.780. The SMILES string of the molecule is CC(=O)N(Cc1noc(C)n1)[C@@H]1CCN(CCn2cccn2)C1. The van der Waals surface area contributed by atoms with Crippen LogP contribution < -0.4 is 0 Å². The van der Waals surface area contributed by atoms with E-state index in [1.165, 1.54) is 0 Å². The highest BCUT2D eigenvalue weighted by Gasteiger charge is 2.30. The highest BCUT2D eigenvalue weighted by atomic mass is 16.5. The van der Waals surface area contributed by atoms with E-state index in [4.69, 9.17) is 4.52 Å². The molecule has 1 fully saturated rings. The van der Waals surface area contributed by atoms with Crippen molar-refractivity contribution in [1.82, 2.24) is 29.7 Å². The van der Waals surface area contributed by atoms with Crippen LogP contribution in [0.1, 0.15) is 25.1 Å². The molecular weight excluding hydrogens is 296 g/mol. The lowest BCUT2D eigenvalue weighted by molar-refractivity contribution is -0.131. The molecule has 0 unspecified atom stereocenters. The zero-order valence-electron chi connectivity index (χ0n) is 13.6. The minimum atomic E-state index is 0.0476. The molecule has 1 atom stereocenters. The Balaban J connectivity index is 1.55. The lowest BCUT2D eigenvalue weighted by Gasteiger charge is -2.27. The number of likely N-dealkylation sites (tertiary alicyclic amines) is 1. The van der Waals surface area contributed by atoms with Crippen molar-refractivity contribution in [3.05, 3.63) is 30.2 Å². The number of aryl methyl sites for hydroxylation is 1. The standard InChI is InChI=1S/C15H22N6O2/c1-12-17-15(18-23-12)11-21(13(2)22)14-4-7-19(10-14)8-9-20-6-3-5-16-20/h3,5-6,14H,4,7-11H2,1-2H3/t14-/m1/s1. The Morgan fingerprint density at radius 2 is 2.35 bits per heavy atom. The Morgan fingerprint density at radius 3 is 3.00 bits per heavy atom. The van der Waals surface area contributed by atoms with Gasteiger partial charge in [0.2, 0.25) is 11.8 Å². The molecule has 0 saturated carbocycles. The Kier molecular flexibility index (Phi) is 4.71. The molecule has 23 heavy (non-hydrogen) atoms. The van der Waals surface area contributed by atoms with E-state index in [0.717, 1.165) is 32.6 Å². The van der Waals surface area contributed by atoms with Crippen LogP contribution in [0.2, 0.25) is 0 Å². The van der Waals surface area contributed by atoms with Gasteiger partial charge in [0.1, 0.15) is 0 Å². The van der Waals surface area contributed by atoms with Crippen LogP contribution in [0.25, 0.3) is 0 Å². The van der Waals surface area contributed by atoms with Crippen LogP contribution >= 0.6 is 0 Å². The van der Waals surface area contributed by atoms with Crippen LogP contribution in [-0.2, 0) is 17.9 Å². The van der Waals surface area contributed by atoms with Gasteiger partial charge < -0.3 is 9.42 Å². The zero-order valence-corrected chi connectivity index (χ0v) is 13.6. The van der Waals surface area contributed by atoms with Gasteiger partial charge in [0.25, 0.3) is 0 Å². The first kappa shape index (κ1) is 15.7. The summed E-state index contributed by atoms with van der Waals surface area (Å²) in [5, 5.41) is 8.11. The number of hydrogen-bond donors (Lipinski definition) is 0. The summed E-state index contributed by atoms with van der Waals surface area (Å²) in [6.07, 6.45) is 4.72. The maximum absolute atomic E-state index is 12.0. The highest BCUT2D eigenvalue weighted by Crippen LogP contribution is 2.18. The van der Waals surface area contributed by atoms with Gasteiger partial charge in [-0.05, 0) is 12.5 Å². The second-order valence-electron chi connectivity index (χ2n) is 5.89. The monoisotopic (exact) mass is 318 g/mol. The van der Waals surface area contributed by atoms with Crippen LogP contribution in [0.3, 0.4) is 0 Å². The predicted octanol–water partition coefficient (Wildman–Crippen LogP) is 0.698. The van der Waals surface area contributed by atoms with Gasteiger partial charge in [-0.3, -0.25) is 14.4 Å². The third-order valence-corrected chi connectivity index (χ3v) is 4.18. The smallest absolute Gasteiger partial charge is 0.223 e. The van der Waals surface area contributed by atoms with Gasteiger partial charge in [-0.2, -0.15) is 10.1 Å². The molecule has 3 heterocycles. The molecule has 0 spiro atoms. The van der Waals surface area contributed by atoms with Gasteiger partial charge in [0.15, 0.2) is 5.82 Å². The van der Waals surface area contributed by atoms with Crippen molar-refractivity contribution in [3.8, 4) is 0 Å². The molecular formula is C15H22N6O2. The Labute approximate surface area is 135 Å². The second kappa shape index (κ2) is 6.91. The van der Waals surface area contributed by atoms with E-state index in [1.807, 2.05) is 21.8 Å². The summed E-state index contributed by atoms with van der Waals surface area (Å²) in [5.41, 5.74) is 0. The summed E-state index contributed by atoms with van der Waals surface area (Å²) in [6, 6.07) is 2.13. The number of carbonyl (C=O) groups is 1. The van der Waals surface area contributed by atoms with Crippen LogP contribution in [0, 0.1) is 6.92 Å². The number of nitrogens with zero attached hydrogens (tertiary/aromatic N) is 6. The van der Waals surface area contributed by atoms with Crippen molar-refractivity contribution in [2.24, 2.45) is 0 Å². The third-order valence-electron chi connectivity index (χ3n) is 4.18. The topological polar surface area (TPSA) is 80.3 Å². The average Bonchev–Trinajstić information content (AvgIpc) is 3.24. The van der Waals surface area contributed by atoms with E-state index < -0.39 is 0 Å². The molecule has 0 N–H and O–H groups in total. The van der Waals surface area contributed by atoms with E-state index in [9.17, 15) is 4.79 Å². The molecule has 2 aromatic rings. The fourth-order valence-electron chi connectivity index (χ4n) is 3.00. The Bertz CT molecular complexity index is 638. The van der Waals surface area contributed by atoms with Gasteiger partial charge in [0.05, 0.1) is 13.1 Å². The fraction of sp³-hybridized carbons (Fsp3) is 0.600. The third kappa shape index (κ3) is 3.95. The van der Waals surface area contributed by atoms with E-state index in [2.05, 4.69) is 20.1 Å². The summed E-state index contributed by atoms with van der Waals surface area (Å²) in [6.45, 7) is 7.42. The zero-order chi connectivity index (χ0) is 16.2. The first-order valence-corrected chi connectivity index (χ1v) is 7.88. The number of aromatic nitrogens is 4. The molecule has 0 aliphatic carbocycles. The van der Waals surface area contributed by atoms with Crippen molar-refractivity contribution in [2.45, 2.75) is 39.4 Å². The molecule has 0 radical (unpaired) electrons. The van der Waals surface area contributed by atoms with Crippen LogP contribution in [-0.4, -0.2) is 61.3 Å². The second-order valence-corrected chi connectivity index (χ2v) is 5.89. The molecule has 8 nitrogen and oxygen atoms in total. The minimum Gasteiger partial charge on any atom is -0.340 e. The van der Waals surface area contributed by atoms with E-state index in [0.29, 0.717) is 18.3 Å². The van der Waals surface area contributed by atoms with E-state index in [1.54, 1.807) is 20.0 Å². The summed E-state index contributed by atoms with van der Waals surface area (Å²) in [5.74, 6) is 1.13. The minimum absolute atomic E-state index is 0.0476. The first-order chi connectivity index (χ1) is 11.1. The molecule has 3 rings (SSSR count). The molecule has 8 heteroatoms. The van der Waals surface area contributed by atoms with Crippen molar-refractivity contribution in [1.29, 1.82) is 0 Å². The predicted molar refractivity (Wildman–Crippen MR) is 82.3 cm³/mol. The molecule has 124 valence electrons. The first-order valence-electron chi connectivity index (χ1n) is 7.88. The number of amides is 1. The highest BCUT2D eigenvalue weighted by molar-refractivity contribution is 5.73. The number of carbonyl (C=O) groups excluding carboxylic acids is 1. The van der Waals surface area contributed by atoms with Gasteiger partial charge in [-0.15, -0.1) is 0 Å². The summed E-state index contributed by atoms with van der Waals surface area (Å²) in [7, 11) is 0. The number of hydrogen-bond acceptors (Lipinski definition) is 6. The largest absolute Gasteiger partial charge is 0.340 e. The van der Waals surface area contributed by atoms with Crippen LogP contribution in [0.4, 0.5) is 0 Å². The Hall–Kier alpha value is -2.22. The average molecular weight is 318 g/mol. The van der Waals surface area contributed by atoms with Crippen LogP contribution in [0.15, 0.2) is 23.0 Å². The van der Waals surface area contributed by atoms with Crippen molar-refractivity contribution in [2.75, 3.05) is 19.6 Å². The lowest BCUT2D eigenvalue weighted by atomic mass is 10.2. The van der Waals surface area contributed by atoms with Crippen molar-refractivity contribution in [3.63, 3.8) is 0 Å². The number of rotatable bonds is 6. The molecule has 0 bridgehead atoms. The summed E-state index contributed by atoms with van der Waals surface area (Å²) >= 11 is 0. The molecule has 1 aliphatic heterocycles.